The zero-order chi connectivity index (χ0) is 8.97. The molecule has 0 spiro atoms. The molecule has 0 aliphatic carbocycles. The van der Waals surface area contributed by atoms with Crippen LogP contribution in [0.2, 0.25) is 0 Å². The Bertz CT molecular complexity index is 339. The summed E-state index contributed by atoms with van der Waals surface area (Å²) in [4.78, 5) is 9.95. The van der Waals surface area contributed by atoms with E-state index in [2.05, 4.69) is 4.74 Å². The summed E-state index contributed by atoms with van der Waals surface area (Å²) in [5.74, 6) is 0.460. The lowest BCUT2D eigenvalue weighted by atomic mass is 10.1. The second kappa shape index (κ2) is 3.54. The van der Waals surface area contributed by atoms with Crippen LogP contribution in [0.4, 0.5) is 0 Å². The monoisotopic (exact) mass is 161 g/mol. The van der Waals surface area contributed by atoms with Crippen molar-refractivity contribution in [3.8, 4) is 11.8 Å². The lowest BCUT2D eigenvalue weighted by Gasteiger charge is -1.99. The van der Waals surface area contributed by atoms with E-state index in [1.54, 1.807) is 25.1 Å². The third kappa shape index (κ3) is 1.61. The van der Waals surface area contributed by atoms with E-state index < -0.39 is 0 Å². The van der Waals surface area contributed by atoms with Crippen molar-refractivity contribution in [1.82, 2.24) is 0 Å². The summed E-state index contributed by atoms with van der Waals surface area (Å²) in [7, 11) is 0. The van der Waals surface area contributed by atoms with Crippen molar-refractivity contribution >= 4 is 6.47 Å². The number of hydrogen-bond acceptors (Lipinski definition) is 3. The van der Waals surface area contributed by atoms with Gasteiger partial charge in [0.05, 0.1) is 11.6 Å². The number of aryl methyl sites for hydroxylation is 1. The van der Waals surface area contributed by atoms with Crippen molar-refractivity contribution in [2.75, 3.05) is 0 Å². The molecule has 0 aromatic heterocycles. The summed E-state index contributed by atoms with van der Waals surface area (Å²) in [6, 6.07) is 6.87. The maximum atomic E-state index is 9.95. The van der Waals surface area contributed by atoms with Crippen LogP contribution in [0.25, 0.3) is 0 Å². The third-order valence-corrected chi connectivity index (χ3v) is 1.50. The van der Waals surface area contributed by atoms with E-state index >= 15 is 0 Å². The highest BCUT2D eigenvalue weighted by Gasteiger charge is 1.98. The first-order valence-corrected chi connectivity index (χ1v) is 3.39. The van der Waals surface area contributed by atoms with Crippen LogP contribution >= 0.6 is 0 Å². The van der Waals surface area contributed by atoms with Gasteiger partial charge < -0.3 is 4.74 Å². The van der Waals surface area contributed by atoms with Gasteiger partial charge in [0.15, 0.2) is 0 Å². The predicted octanol–water partition coefficient (Wildman–Crippen LogP) is 1.40. The van der Waals surface area contributed by atoms with Crippen molar-refractivity contribution in [2.24, 2.45) is 0 Å². The molecule has 0 aliphatic rings. The fourth-order valence-electron chi connectivity index (χ4n) is 0.890. The molecule has 0 heterocycles. The van der Waals surface area contributed by atoms with Gasteiger partial charge in [-0.05, 0) is 30.7 Å². The van der Waals surface area contributed by atoms with Gasteiger partial charge in [-0.1, -0.05) is 0 Å². The van der Waals surface area contributed by atoms with Gasteiger partial charge in [-0.2, -0.15) is 5.26 Å². The van der Waals surface area contributed by atoms with Crippen molar-refractivity contribution in [3.63, 3.8) is 0 Å². The Balaban J connectivity index is 3.03. The van der Waals surface area contributed by atoms with Crippen LogP contribution in [0.3, 0.4) is 0 Å². The summed E-state index contributed by atoms with van der Waals surface area (Å²) in [5, 5.41) is 8.58. The van der Waals surface area contributed by atoms with E-state index in [4.69, 9.17) is 5.26 Å². The van der Waals surface area contributed by atoms with Crippen LogP contribution < -0.4 is 4.74 Å². The molecular formula is C9H7NO2. The molecule has 0 atom stereocenters. The first-order valence-electron chi connectivity index (χ1n) is 3.39. The summed E-state index contributed by atoms with van der Waals surface area (Å²) in [6.07, 6.45) is 0. The average molecular weight is 161 g/mol. The van der Waals surface area contributed by atoms with Gasteiger partial charge in [-0.25, -0.2) is 0 Å². The van der Waals surface area contributed by atoms with Gasteiger partial charge in [-0.15, -0.1) is 0 Å². The SMILES string of the molecule is Cc1cc(OC=O)ccc1C#N. The molecule has 0 unspecified atom stereocenters. The molecule has 12 heavy (non-hydrogen) atoms. The molecule has 0 aliphatic heterocycles. The van der Waals surface area contributed by atoms with Gasteiger partial charge >= 0.3 is 0 Å². The quantitative estimate of drug-likeness (QED) is 0.616. The number of ether oxygens (including phenoxy) is 1. The minimum atomic E-state index is 0.362. The molecule has 0 saturated heterocycles. The molecule has 0 bridgehead atoms. The molecule has 0 fully saturated rings. The Morgan fingerprint density at radius 3 is 2.83 bits per heavy atom. The standard InChI is InChI=1S/C9H7NO2/c1-7-4-9(12-6-11)3-2-8(7)5-10/h2-4,6H,1H3. The molecule has 0 radical (unpaired) electrons. The molecule has 1 aromatic carbocycles. The van der Waals surface area contributed by atoms with Crippen LogP contribution in [0.1, 0.15) is 11.1 Å². The minimum absolute atomic E-state index is 0.362. The van der Waals surface area contributed by atoms with Crippen LogP contribution in [0.5, 0.6) is 5.75 Å². The smallest absolute Gasteiger partial charge is 0.298 e. The highest BCUT2D eigenvalue weighted by molar-refractivity contribution is 5.48. The molecule has 0 amide bonds. The predicted molar refractivity (Wildman–Crippen MR) is 42.6 cm³/mol. The number of hydrogen-bond donors (Lipinski definition) is 0. The Hall–Kier alpha value is -1.82. The summed E-state index contributed by atoms with van der Waals surface area (Å²) < 4.78 is 4.60. The van der Waals surface area contributed by atoms with E-state index in [9.17, 15) is 4.79 Å². The number of carbonyl (C=O) groups excluding carboxylic acids is 1. The highest BCUT2D eigenvalue weighted by Crippen LogP contribution is 2.15. The summed E-state index contributed by atoms with van der Waals surface area (Å²) in [5.41, 5.74) is 1.39. The fourth-order valence-corrected chi connectivity index (χ4v) is 0.890. The highest BCUT2D eigenvalue weighted by atomic mass is 16.5. The molecule has 60 valence electrons. The van der Waals surface area contributed by atoms with Gasteiger partial charge in [0.25, 0.3) is 6.47 Å². The zero-order valence-electron chi connectivity index (χ0n) is 6.57. The normalized spacial score (nSPS) is 8.67. The summed E-state index contributed by atoms with van der Waals surface area (Å²) in [6.45, 7) is 2.15. The van der Waals surface area contributed by atoms with Crippen LogP contribution in [0, 0.1) is 18.3 Å². The third-order valence-electron chi connectivity index (χ3n) is 1.50. The number of carbonyl (C=O) groups is 1. The van der Waals surface area contributed by atoms with Gasteiger partial charge in [0, 0.05) is 0 Å². The van der Waals surface area contributed by atoms with E-state index in [-0.39, 0.29) is 0 Å². The number of nitriles is 1. The Kier molecular flexibility index (Phi) is 2.44. The lowest BCUT2D eigenvalue weighted by molar-refractivity contribution is -0.120. The Labute approximate surface area is 70.2 Å². The van der Waals surface area contributed by atoms with Gasteiger partial charge in [0.1, 0.15) is 5.75 Å². The fraction of sp³-hybridized carbons (Fsp3) is 0.111. The van der Waals surface area contributed by atoms with Crippen molar-refractivity contribution in [3.05, 3.63) is 29.3 Å². The van der Waals surface area contributed by atoms with E-state index in [1.807, 2.05) is 6.07 Å². The summed E-state index contributed by atoms with van der Waals surface area (Å²) >= 11 is 0. The molecule has 1 rings (SSSR count). The minimum Gasteiger partial charge on any atom is -0.429 e. The molecule has 1 aromatic rings. The van der Waals surface area contributed by atoms with Crippen LogP contribution in [-0.4, -0.2) is 6.47 Å². The molecule has 0 N–H and O–H groups in total. The van der Waals surface area contributed by atoms with E-state index in [0.29, 0.717) is 17.8 Å². The second-order valence-corrected chi connectivity index (χ2v) is 2.30. The van der Waals surface area contributed by atoms with Gasteiger partial charge in [-0.3, -0.25) is 4.79 Å². The van der Waals surface area contributed by atoms with Crippen LogP contribution in [-0.2, 0) is 4.79 Å². The first-order chi connectivity index (χ1) is 5.77. The van der Waals surface area contributed by atoms with Crippen molar-refractivity contribution in [1.29, 1.82) is 5.26 Å². The average Bonchev–Trinajstić information content (AvgIpc) is 2.05. The molecule has 0 saturated carbocycles. The van der Waals surface area contributed by atoms with Crippen molar-refractivity contribution in [2.45, 2.75) is 6.92 Å². The number of benzene rings is 1. The lowest BCUT2D eigenvalue weighted by Crippen LogP contribution is -1.90. The van der Waals surface area contributed by atoms with E-state index in [0.717, 1.165) is 5.56 Å². The molecular weight excluding hydrogens is 154 g/mol. The second-order valence-electron chi connectivity index (χ2n) is 2.30. The zero-order valence-corrected chi connectivity index (χ0v) is 6.57. The van der Waals surface area contributed by atoms with Gasteiger partial charge in [0.2, 0.25) is 0 Å². The van der Waals surface area contributed by atoms with E-state index in [1.165, 1.54) is 0 Å². The Morgan fingerprint density at radius 1 is 1.58 bits per heavy atom. The topological polar surface area (TPSA) is 50.1 Å². The molecule has 3 heteroatoms. The van der Waals surface area contributed by atoms with Crippen LogP contribution in [0.15, 0.2) is 18.2 Å². The maximum Gasteiger partial charge on any atom is 0.298 e. The number of rotatable bonds is 2. The number of nitrogens with zero attached hydrogens (tertiary/aromatic N) is 1. The Morgan fingerprint density at radius 2 is 2.33 bits per heavy atom. The first kappa shape index (κ1) is 8.28. The largest absolute Gasteiger partial charge is 0.429 e. The maximum absolute atomic E-state index is 9.95. The molecule has 3 nitrogen and oxygen atoms in total. The van der Waals surface area contributed by atoms with Crippen molar-refractivity contribution < 1.29 is 9.53 Å².